The van der Waals surface area contributed by atoms with E-state index in [0.29, 0.717) is 11.7 Å². The van der Waals surface area contributed by atoms with Gasteiger partial charge in [0.2, 0.25) is 5.12 Å². The van der Waals surface area contributed by atoms with Crippen LogP contribution in [0.25, 0.3) is 0 Å². The van der Waals surface area contributed by atoms with Crippen LogP contribution in [-0.4, -0.2) is 41.5 Å². The third-order valence-corrected chi connectivity index (χ3v) is 3.52. The van der Waals surface area contributed by atoms with Crippen LogP contribution in [0.3, 0.4) is 0 Å². The molecule has 0 atom stereocenters. The van der Waals surface area contributed by atoms with E-state index in [9.17, 15) is 4.79 Å². The topological polar surface area (TPSA) is 17.1 Å². The van der Waals surface area contributed by atoms with Gasteiger partial charge in [-0.25, -0.2) is 0 Å². The predicted molar refractivity (Wildman–Crippen MR) is 59.9 cm³/mol. The molecule has 0 saturated carbocycles. The van der Waals surface area contributed by atoms with Crippen LogP contribution in [0, 0.1) is 0 Å². The van der Waals surface area contributed by atoms with Crippen molar-refractivity contribution in [2.75, 3.05) is 31.9 Å². The Morgan fingerprint density at radius 1 is 1.08 bits per heavy atom. The van der Waals surface area contributed by atoms with E-state index in [0.717, 1.165) is 29.9 Å². The van der Waals surface area contributed by atoms with Crippen LogP contribution in [0.5, 0.6) is 0 Å². The Balaban J connectivity index is 4.16. The molecule has 78 valence electrons. The van der Waals surface area contributed by atoms with Crippen molar-refractivity contribution < 1.29 is 9.28 Å². The van der Waals surface area contributed by atoms with Gasteiger partial charge in [0.15, 0.2) is 0 Å². The molecule has 0 heterocycles. The quantitative estimate of drug-likeness (QED) is 0.617. The van der Waals surface area contributed by atoms with Crippen molar-refractivity contribution >= 4 is 16.9 Å². The van der Waals surface area contributed by atoms with E-state index in [-0.39, 0.29) is 0 Å². The van der Waals surface area contributed by atoms with Gasteiger partial charge in [-0.2, -0.15) is 0 Å². The van der Waals surface area contributed by atoms with Crippen LogP contribution in [0.2, 0.25) is 0 Å². The van der Waals surface area contributed by atoms with Crippen molar-refractivity contribution in [3.8, 4) is 0 Å². The summed E-state index contributed by atoms with van der Waals surface area (Å²) in [4.78, 5) is 11.5. The highest BCUT2D eigenvalue weighted by molar-refractivity contribution is 8.13. The van der Waals surface area contributed by atoms with Crippen molar-refractivity contribution in [2.45, 2.75) is 27.7 Å². The normalized spacial score (nSPS) is 11.7. The lowest BCUT2D eigenvalue weighted by atomic mass is 10.3. The monoisotopic (exact) mass is 204 g/mol. The van der Waals surface area contributed by atoms with E-state index in [2.05, 4.69) is 20.8 Å². The Labute approximate surface area is 86.3 Å². The number of carbonyl (C=O) groups is 1. The molecule has 0 aromatic heterocycles. The first-order chi connectivity index (χ1) is 6.14. The van der Waals surface area contributed by atoms with E-state index in [4.69, 9.17) is 0 Å². The summed E-state index contributed by atoms with van der Waals surface area (Å²) in [5, 5.41) is 0.341. The van der Waals surface area contributed by atoms with Crippen LogP contribution >= 0.6 is 11.8 Å². The number of hydrogen-bond donors (Lipinski definition) is 0. The van der Waals surface area contributed by atoms with Crippen molar-refractivity contribution in [1.29, 1.82) is 0 Å². The Hall–Kier alpha value is -0.0200. The molecular formula is C10H22NOS+. The van der Waals surface area contributed by atoms with E-state index in [1.807, 2.05) is 6.92 Å². The number of rotatable bonds is 6. The first kappa shape index (κ1) is 13.0. The summed E-state index contributed by atoms with van der Waals surface area (Å²) < 4.78 is 0.936. The summed E-state index contributed by atoms with van der Waals surface area (Å²) in [6.07, 6.45) is 0. The van der Waals surface area contributed by atoms with Crippen molar-refractivity contribution in [1.82, 2.24) is 0 Å². The molecule has 0 rings (SSSR count). The largest absolute Gasteiger partial charge is 0.317 e. The molecule has 0 aliphatic heterocycles. The van der Waals surface area contributed by atoms with Crippen molar-refractivity contribution in [2.24, 2.45) is 0 Å². The maximum atomic E-state index is 11.5. The molecule has 0 N–H and O–H groups in total. The highest BCUT2D eigenvalue weighted by atomic mass is 32.2. The molecular weight excluding hydrogens is 182 g/mol. The van der Waals surface area contributed by atoms with Crippen LogP contribution < -0.4 is 0 Å². The van der Waals surface area contributed by atoms with Crippen LogP contribution in [0.1, 0.15) is 27.7 Å². The Morgan fingerprint density at radius 3 is 1.85 bits per heavy atom. The molecule has 0 unspecified atom stereocenters. The van der Waals surface area contributed by atoms with E-state index < -0.39 is 0 Å². The lowest BCUT2D eigenvalue weighted by Gasteiger charge is -2.34. The first-order valence-corrected chi connectivity index (χ1v) is 6.13. The molecule has 0 aliphatic carbocycles. The third-order valence-electron chi connectivity index (χ3n) is 2.78. The van der Waals surface area contributed by atoms with E-state index >= 15 is 0 Å². The molecule has 0 fully saturated rings. The standard InChI is InChI=1S/C10H22NOS/c1-5-11(6-2,7-3)9-10(12)13-8-4/h5-9H2,1-4H3/q+1. The van der Waals surface area contributed by atoms with Gasteiger partial charge in [0.1, 0.15) is 6.54 Å². The molecule has 0 aromatic rings. The predicted octanol–water partition coefficient (Wildman–Crippen LogP) is 2.14. The lowest BCUT2D eigenvalue weighted by Crippen LogP contribution is -2.50. The second-order valence-electron chi connectivity index (χ2n) is 3.25. The smallest absolute Gasteiger partial charge is 0.243 e. The SMILES string of the molecule is CCSC(=O)C[N+](CC)(CC)CC. The highest BCUT2D eigenvalue weighted by Crippen LogP contribution is 2.10. The summed E-state index contributed by atoms with van der Waals surface area (Å²) in [6.45, 7) is 12.4. The van der Waals surface area contributed by atoms with Gasteiger partial charge in [0.05, 0.1) is 19.6 Å². The fraction of sp³-hybridized carbons (Fsp3) is 0.900. The fourth-order valence-electron chi connectivity index (χ4n) is 1.49. The van der Waals surface area contributed by atoms with Gasteiger partial charge in [0, 0.05) is 0 Å². The zero-order valence-corrected chi connectivity index (χ0v) is 10.1. The van der Waals surface area contributed by atoms with E-state index in [1.165, 1.54) is 11.8 Å². The average Bonchev–Trinajstić information content (AvgIpc) is 2.15. The van der Waals surface area contributed by atoms with Gasteiger partial charge in [-0.05, 0) is 26.5 Å². The van der Waals surface area contributed by atoms with Crippen LogP contribution in [0.4, 0.5) is 0 Å². The van der Waals surface area contributed by atoms with Gasteiger partial charge < -0.3 is 4.48 Å². The number of thioether (sulfide) groups is 1. The summed E-state index contributed by atoms with van der Waals surface area (Å²) in [6, 6.07) is 0. The van der Waals surface area contributed by atoms with Crippen molar-refractivity contribution in [3.63, 3.8) is 0 Å². The first-order valence-electron chi connectivity index (χ1n) is 5.14. The Bertz CT molecular complexity index is 147. The molecule has 0 bridgehead atoms. The molecule has 0 radical (unpaired) electrons. The molecule has 0 saturated heterocycles. The summed E-state index contributed by atoms with van der Waals surface area (Å²) >= 11 is 1.45. The molecule has 3 heteroatoms. The maximum absolute atomic E-state index is 11.5. The minimum atomic E-state index is 0.341. The van der Waals surface area contributed by atoms with Crippen LogP contribution in [0.15, 0.2) is 0 Å². The lowest BCUT2D eigenvalue weighted by molar-refractivity contribution is -0.915. The number of hydrogen-bond acceptors (Lipinski definition) is 2. The fourth-order valence-corrected chi connectivity index (χ4v) is 2.17. The average molecular weight is 204 g/mol. The minimum Gasteiger partial charge on any atom is -0.317 e. The van der Waals surface area contributed by atoms with Crippen LogP contribution in [-0.2, 0) is 4.79 Å². The maximum Gasteiger partial charge on any atom is 0.243 e. The Kier molecular flexibility index (Phi) is 6.43. The summed E-state index contributed by atoms with van der Waals surface area (Å²) in [7, 11) is 0. The number of nitrogens with zero attached hydrogens (tertiary/aromatic N) is 1. The number of likely N-dealkylation sites (N-methyl/N-ethyl adjacent to an activating group) is 1. The van der Waals surface area contributed by atoms with Gasteiger partial charge in [-0.1, -0.05) is 18.7 Å². The number of carbonyl (C=O) groups excluding carboxylic acids is 1. The zero-order valence-electron chi connectivity index (χ0n) is 9.30. The van der Waals surface area contributed by atoms with Gasteiger partial charge >= 0.3 is 0 Å². The highest BCUT2D eigenvalue weighted by Gasteiger charge is 2.24. The molecule has 2 nitrogen and oxygen atoms in total. The van der Waals surface area contributed by atoms with Gasteiger partial charge in [-0.3, -0.25) is 4.79 Å². The molecule has 13 heavy (non-hydrogen) atoms. The second kappa shape index (κ2) is 6.44. The Morgan fingerprint density at radius 2 is 1.54 bits per heavy atom. The molecule has 0 aromatic carbocycles. The number of quaternary nitrogens is 1. The third kappa shape index (κ3) is 4.14. The van der Waals surface area contributed by atoms with Crippen molar-refractivity contribution in [3.05, 3.63) is 0 Å². The molecule has 0 spiro atoms. The molecule has 0 aliphatic rings. The minimum absolute atomic E-state index is 0.341. The zero-order chi connectivity index (χ0) is 10.3. The van der Waals surface area contributed by atoms with E-state index in [1.54, 1.807) is 0 Å². The summed E-state index contributed by atoms with van der Waals surface area (Å²) in [5.41, 5.74) is 0. The summed E-state index contributed by atoms with van der Waals surface area (Å²) in [5.74, 6) is 0.899. The second-order valence-corrected chi connectivity index (χ2v) is 4.57. The van der Waals surface area contributed by atoms with Gasteiger partial charge in [0.25, 0.3) is 0 Å². The van der Waals surface area contributed by atoms with Gasteiger partial charge in [-0.15, -0.1) is 0 Å². The molecule has 0 amide bonds.